The average Bonchev–Trinajstić information content (AvgIpc) is 2.32. The maximum atomic E-state index is 13.5. The van der Waals surface area contributed by atoms with E-state index >= 15 is 0 Å². The van der Waals surface area contributed by atoms with E-state index in [1.807, 2.05) is 19.1 Å². The largest absolute Gasteiger partial charge is 0.439 e. The zero-order valence-corrected chi connectivity index (χ0v) is 9.48. The summed E-state index contributed by atoms with van der Waals surface area (Å²) in [6.07, 6.45) is 1.63. The molecule has 0 aliphatic carbocycles. The molecule has 1 aromatic carbocycles. The van der Waals surface area contributed by atoms with E-state index in [0.29, 0.717) is 17.2 Å². The molecule has 2 N–H and O–H groups in total. The van der Waals surface area contributed by atoms with Gasteiger partial charge in [0.1, 0.15) is 11.6 Å². The summed E-state index contributed by atoms with van der Waals surface area (Å²) in [5, 5.41) is 0. The van der Waals surface area contributed by atoms with Gasteiger partial charge in [0.25, 0.3) is 0 Å². The first kappa shape index (κ1) is 11.5. The fourth-order valence-corrected chi connectivity index (χ4v) is 1.45. The molecule has 0 saturated carbocycles. The molecule has 2 rings (SSSR count). The summed E-state index contributed by atoms with van der Waals surface area (Å²) in [6, 6.07) is 8.31. The maximum absolute atomic E-state index is 13.5. The second-order valence-corrected chi connectivity index (χ2v) is 3.68. The molecule has 3 nitrogen and oxygen atoms in total. The van der Waals surface area contributed by atoms with Crippen LogP contribution in [0.4, 0.5) is 4.39 Å². The Balaban J connectivity index is 2.25. The van der Waals surface area contributed by atoms with Crippen molar-refractivity contribution in [2.45, 2.75) is 13.5 Å². The van der Waals surface area contributed by atoms with Crippen LogP contribution in [0.2, 0.25) is 0 Å². The van der Waals surface area contributed by atoms with Gasteiger partial charge in [-0.1, -0.05) is 12.1 Å². The van der Waals surface area contributed by atoms with Crippen LogP contribution in [-0.4, -0.2) is 4.98 Å². The highest BCUT2D eigenvalue weighted by Gasteiger charge is 2.05. The molecule has 0 radical (unpaired) electrons. The summed E-state index contributed by atoms with van der Waals surface area (Å²) in [6.45, 7) is 2.06. The number of rotatable bonds is 3. The number of nitrogens with two attached hydrogens (primary N) is 1. The van der Waals surface area contributed by atoms with E-state index in [0.717, 1.165) is 5.56 Å². The second-order valence-electron chi connectivity index (χ2n) is 3.68. The Morgan fingerprint density at radius 1 is 1.35 bits per heavy atom. The summed E-state index contributed by atoms with van der Waals surface area (Å²) >= 11 is 0. The van der Waals surface area contributed by atoms with Crippen molar-refractivity contribution in [1.82, 2.24) is 4.98 Å². The van der Waals surface area contributed by atoms with Crippen LogP contribution >= 0.6 is 0 Å². The minimum Gasteiger partial charge on any atom is -0.439 e. The van der Waals surface area contributed by atoms with Crippen molar-refractivity contribution in [1.29, 1.82) is 0 Å². The topological polar surface area (TPSA) is 48.1 Å². The van der Waals surface area contributed by atoms with Crippen molar-refractivity contribution in [2.24, 2.45) is 5.73 Å². The number of nitrogens with zero attached hydrogens (tertiary/aromatic N) is 1. The van der Waals surface area contributed by atoms with Gasteiger partial charge in [-0.05, 0) is 19.1 Å². The van der Waals surface area contributed by atoms with Crippen LogP contribution < -0.4 is 10.5 Å². The van der Waals surface area contributed by atoms with Crippen molar-refractivity contribution in [3.63, 3.8) is 0 Å². The number of ether oxygens (including phenoxy) is 1. The van der Waals surface area contributed by atoms with E-state index < -0.39 is 0 Å². The molecular formula is C13H13FN2O. The van der Waals surface area contributed by atoms with Gasteiger partial charge in [0.15, 0.2) is 0 Å². The zero-order chi connectivity index (χ0) is 12.3. The standard InChI is InChI=1S/C13H13FN2O/c1-9-3-2-6-16-13(9)17-11-5-4-10(8-15)12(14)7-11/h2-7H,8,15H2,1H3. The van der Waals surface area contributed by atoms with Gasteiger partial charge in [-0.15, -0.1) is 0 Å². The van der Waals surface area contributed by atoms with Gasteiger partial charge >= 0.3 is 0 Å². The summed E-state index contributed by atoms with van der Waals surface area (Å²) < 4.78 is 19.0. The third-order valence-electron chi connectivity index (χ3n) is 2.42. The normalized spacial score (nSPS) is 10.3. The highest BCUT2D eigenvalue weighted by Crippen LogP contribution is 2.23. The van der Waals surface area contributed by atoms with Crippen molar-refractivity contribution in [2.75, 3.05) is 0 Å². The Morgan fingerprint density at radius 3 is 2.82 bits per heavy atom. The van der Waals surface area contributed by atoms with E-state index in [2.05, 4.69) is 4.98 Å². The molecule has 0 aliphatic rings. The van der Waals surface area contributed by atoms with Crippen molar-refractivity contribution in [3.05, 3.63) is 53.5 Å². The Bertz CT molecular complexity index is 529. The first-order chi connectivity index (χ1) is 8.20. The third kappa shape index (κ3) is 2.60. The molecule has 0 saturated heterocycles. The summed E-state index contributed by atoms with van der Waals surface area (Å²) in [7, 11) is 0. The molecule has 0 bridgehead atoms. The lowest BCUT2D eigenvalue weighted by Crippen LogP contribution is -2.00. The van der Waals surface area contributed by atoms with Crippen LogP contribution in [0, 0.1) is 12.7 Å². The highest BCUT2D eigenvalue weighted by molar-refractivity contribution is 5.34. The molecule has 0 amide bonds. The predicted molar refractivity (Wildman–Crippen MR) is 63.3 cm³/mol. The Hall–Kier alpha value is -1.94. The highest BCUT2D eigenvalue weighted by atomic mass is 19.1. The Labute approximate surface area is 99.1 Å². The molecule has 2 aromatic rings. The SMILES string of the molecule is Cc1cccnc1Oc1ccc(CN)c(F)c1. The van der Waals surface area contributed by atoms with Gasteiger partial charge in [0.2, 0.25) is 5.88 Å². The van der Waals surface area contributed by atoms with Crippen LogP contribution in [0.5, 0.6) is 11.6 Å². The molecule has 0 atom stereocenters. The number of benzene rings is 1. The second kappa shape index (κ2) is 4.93. The van der Waals surface area contributed by atoms with Crippen LogP contribution in [0.1, 0.15) is 11.1 Å². The number of pyridine rings is 1. The van der Waals surface area contributed by atoms with Gasteiger partial charge in [-0.25, -0.2) is 9.37 Å². The zero-order valence-electron chi connectivity index (χ0n) is 9.48. The summed E-state index contributed by atoms with van der Waals surface area (Å²) in [5.74, 6) is 0.535. The number of halogens is 1. The third-order valence-corrected chi connectivity index (χ3v) is 2.42. The van der Waals surface area contributed by atoms with Gasteiger partial charge < -0.3 is 10.5 Å². The molecule has 1 aromatic heterocycles. The molecule has 0 aliphatic heterocycles. The van der Waals surface area contributed by atoms with E-state index in [4.69, 9.17) is 10.5 Å². The minimum atomic E-state index is -0.362. The molecule has 0 fully saturated rings. The first-order valence-corrected chi connectivity index (χ1v) is 5.28. The fourth-order valence-electron chi connectivity index (χ4n) is 1.45. The number of hydrogen-bond donors (Lipinski definition) is 1. The van der Waals surface area contributed by atoms with Crippen molar-refractivity contribution in [3.8, 4) is 11.6 Å². The predicted octanol–water partition coefficient (Wildman–Crippen LogP) is 2.78. The lowest BCUT2D eigenvalue weighted by molar-refractivity contribution is 0.453. The molecule has 17 heavy (non-hydrogen) atoms. The number of aryl methyl sites for hydroxylation is 1. The molecule has 1 heterocycles. The average molecular weight is 232 g/mol. The van der Waals surface area contributed by atoms with Gasteiger partial charge in [-0.2, -0.15) is 0 Å². The Morgan fingerprint density at radius 2 is 2.18 bits per heavy atom. The number of aromatic nitrogens is 1. The number of hydrogen-bond acceptors (Lipinski definition) is 3. The van der Waals surface area contributed by atoms with Crippen LogP contribution in [-0.2, 0) is 6.54 Å². The fraction of sp³-hybridized carbons (Fsp3) is 0.154. The maximum Gasteiger partial charge on any atom is 0.222 e. The first-order valence-electron chi connectivity index (χ1n) is 5.28. The van der Waals surface area contributed by atoms with Crippen LogP contribution in [0.25, 0.3) is 0 Å². The lowest BCUT2D eigenvalue weighted by atomic mass is 10.2. The summed E-state index contributed by atoms with van der Waals surface area (Å²) in [4.78, 5) is 4.08. The summed E-state index contributed by atoms with van der Waals surface area (Å²) in [5.41, 5.74) is 6.75. The molecular weight excluding hydrogens is 219 g/mol. The molecule has 4 heteroatoms. The lowest BCUT2D eigenvalue weighted by Gasteiger charge is -2.08. The quantitative estimate of drug-likeness (QED) is 0.885. The molecule has 0 unspecified atom stereocenters. The van der Waals surface area contributed by atoms with E-state index in [9.17, 15) is 4.39 Å². The van der Waals surface area contributed by atoms with E-state index in [1.165, 1.54) is 6.07 Å². The van der Waals surface area contributed by atoms with Crippen molar-refractivity contribution >= 4 is 0 Å². The molecule has 88 valence electrons. The minimum absolute atomic E-state index is 0.175. The van der Waals surface area contributed by atoms with Crippen molar-refractivity contribution < 1.29 is 9.13 Å². The van der Waals surface area contributed by atoms with Gasteiger partial charge in [0, 0.05) is 29.9 Å². The monoisotopic (exact) mass is 232 g/mol. The van der Waals surface area contributed by atoms with Gasteiger partial charge in [0.05, 0.1) is 0 Å². The Kier molecular flexibility index (Phi) is 3.35. The van der Waals surface area contributed by atoms with Gasteiger partial charge in [-0.3, -0.25) is 0 Å². The smallest absolute Gasteiger partial charge is 0.222 e. The van der Waals surface area contributed by atoms with Crippen LogP contribution in [0.15, 0.2) is 36.5 Å². The van der Waals surface area contributed by atoms with E-state index in [1.54, 1.807) is 18.3 Å². The van der Waals surface area contributed by atoms with E-state index in [-0.39, 0.29) is 12.4 Å². The van der Waals surface area contributed by atoms with Crippen LogP contribution in [0.3, 0.4) is 0 Å². The molecule has 0 spiro atoms.